The molecule has 0 radical (unpaired) electrons. The summed E-state index contributed by atoms with van der Waals surface area (Å²) in [5.74, 6) is -2.29. The molecule has 0 aromatic heterocycles. The maximum Gasteiger partial charge on any atom is 0.306 e. The van der Waals surface area contributed by atoms with Gasteiger partial charge in [-0.3, -0.25) is 9.59 Å². The highest BCUT2D eigenvalue weighted by Gasteiger charge is 2.22. The highest BCUT2D eigenvalue weighted by Crippen LogP contribution is 2.16. The molecule has 0 aliphatic carbocycles. The summed E-state index contributed by atoms with van der Waals surface area (Å²) in [6, 6.07) is 0. The van der Waals surface area contributed by atoms with Gasteiger partial charge in [0.15, 0.2) is 12.4 Å². The first-order chi connectivity index (χ1) is 34.6. The molecule has 0 saturated carbocycles. The van der Waals surface area contributed by atoms with Crippen molar-refractivity contribution in [2.24, 2.45) is 0 Å². The Balaban J connectivity index is 4.23. The molecule has 2 unspecified atom stereocenters. The number of quaternary nitrogens is 1. The minimum atomic E-state index is -1.63. The van der Waals surface area contributed by atoms with Crippen LogP contribution in [-0.2, 0) is 33.3 Å². The molecule has 412 valence electrons. The third-order valence-corrected chi connectivity index (χ3v) is 12.7. The van der Waals surface area contributed by atoms with E-state index in [0.717, 1.165) is 70.6 Å². The molecule has 0 bridgehead atoms. The van der Waals surface area contributed by atoms with Gasteiger partial charge in [0.1, 0.15) is 13.2 Å². The van der Waals surface area contributed by atoms with Crippen LogP contribution in [0.3, 0.4) is 0 Å². The largest absolute Gasteiger partial charge is 0.545 e. The van der Waals surface area contributed by atoms with Crippen molar-refractivity contribution in [3.8, 4) is 0 Å². The Morgan fingerprint density at radius 3 is 1.21 bits per heavy atom. The van der Waals surface area contributed by atoms with E-state index in [1.54, 1.807) is 0 Å². The van der Waals surface area contributed by atoms with Crippen molar-refractivity contribution in [2.45, 2.75) is 270 Å². The molecule has 9 heteroatoms. The maximum atomic E-state index is 12.9. The standard InChI is InChI=1S/C62H111NO8/c1-6-8-10-12-14-16-18-20-22-24-26-28-29-30-31-33-34-36-38-40-42-44-46-48-50-52-59(64)69-56-58(57-70-62(61(66)67)68-55-54-63(3,4)5)71-60(65)53-51-49-47-45-43-41-39-37-35-32-27-25-23-21-19-17-15-13-11-9-7-2/h9,11,15,17,21,23-24,26-27,32,58,62H,6-8,10,12-14,16,18-20,22,25,28-31,33-57H2,1-5H3/b11-9-,17-15-,23-21-,26-24-,32-27-. The normalized spacial score (nSPS) is 13.2. The molecule has 2 atom stereocenters. The van der Waals surface area contributed by atoms with Crippen molar-refractivity contribution >= 4 is 17.9 Å². The molecular weight excluding hydrogens is 887 g/mol. The van der Waals surface area contributed by atoms with Crippen LogP contribution in [0.25, 0.3) is 0 Å². The predicted octanol–water partition coefficient (Wildman–Crippen LogP) is 15.9. The van der Waals surface area contributed by atoms with Gasteiger partial charge in [-0.2, -0.15) is 0 Å². The van der Waals surface area contributed by atoms with E-state index < -0.39 is 24.3 Å². The predicted molar refractivity (Wildman–Crippen MR) is 297 cm³/mol. The number of carboxylic acid groups (broad SMARTS) is 1. The number of carbonyl (C=O) groups is 3. The number of hydrogen-bond donors (Lipinski definition) is 0. The number of esters is 2. The zero-order valence-electron chi connectivity index (χ0n) is 46.8. The van der Waals surface area contributed by atoms with Gasteiger partial charge in [-0.25, -0.2) is 0 Å². The van der Waals surface area contributed by atoms with E-state index in [4.69, 9.17) is 18.9 Å². The topological polar surface area (TPSA) is 111 Å². The zero-order chi connectivity index (χ0) is 52.0. The summed E-state index contributed by atoms with van der Waals surface area (Å²) in [6.45, 7) is 4.65. The fraction of sp³-hybridized carbons (Fsp3) is 0.790. The van der Waals surface area contributed by atoms with Crippen molar-refractivity contribution in [1.82, 2.24) is 0 Å². The molecule has 9 nitrogen and oxygen atoms in total. The summed E-state index contributed by atoms with van der Waals surface area (Å²) in [4.78, 5) is 37.3. The van der Waals surface area contributed by atoms with Gasteiger partial charge in [0.2, 0.25) is 0 Å². The second-order valence-corrected chi connectivity index (χ2v) is 20.9. The van der Waals surface area contributed by atoms with Crippen molar-refractivity contribution in [3.05, 3.63) is 60.8 Å². The zero-order valence-corrected chi connectivity index (χ0v) is 46.8. The van der Waals surface area contributed by atoms with Crippen molar-refractivity contribution in [3.63, 3.8) is 0 Å². The van der Waals surface area contributed by atoms with Gasteiger partial charge in [-0.1, -0.05) is 229 Å². The highest BCUT2D eigenvalue weighted by molar-refractivity contribution is 5.70. The van der Waals surface area contributed by atoms with E-state index in [1.807, 2.05) is 21.1 Å². The van der Waals surface area contributed by atoms with E-state index in [0.29, 0.717) is 17.4 Å². The number of carboxylic acids is 1. The van der Waals surface area contributed by atoms with Gasteiger partial charge in [0, 0.05) is 12.8 Å². The monoisotopic (exact) mass is 998 g/mol. The van der Waals surface area contributed by atoms with Gasteiger partial charge in [0.05, 0.1) is 40.3 Å². The van der Waals surface area contributed by atoms with Gasteiger partial charge >= 0.3 is 11.9 Å². The van der Waals surface area contributed by atoms with E-state index in [2.05, 4.69) is 74.6 Å². The van der Waals surface area contributed by atoms with E-state index >= 15 is 0 Å². The van der Waals surface area contributed by atoms with Crippen LogP contribution in [0, 0.1) is 0 Å². The summed E-state index contributed by atoms with van der Waals surface area (Å²) in [5, 5.41) is 11.8. The minimum absolute atomic E-state index is 0.145. The molecule has 0 amide bonds. The number of rotatable bonds is 54. The van der Waals surface area contributed by atoms with Crippen molar-refractivity contribution in [2.75, 3.05) is 47.5 Å². The Labute approximate surface area is 437 Å². The number of aliphatic carboxylic acids is 1. The highest BCUT2D eigenvalue weighted by atomic mass is 16.7. The van der Waals surface area contributed by atoms with Gasteiger partial charge in [0.25, 0.3) is 0 Å². The summed E-state index contributed by atoms with van der Waals surface area (Å²) < 4.78 is 22.7. The summed E-state index contributed by atoms with van der Waals surface area (Å²) in [7, 11) is 5.92. The molecule has 0 spiro atoms. The summed E-state index contributed by atoms with van der Waals surface area (Å²) in [5.41, 5.74) is 0. The van der Waals surface area contributed by atoms with E-state index in [-0.39, 0.29) is 38.6 Å². The summed E-state index contributed by atoms with van der Waals surface area (Å²) in [6.07, 6.45) is 64.1. The van der Waals surface area contributed by atoms with Crippen molar-refractivity contribution < 1.29 is 42.9 Å². The lowest BCUT2D eigenvalue weighted by Crippen LogP contribution is -2.44. The van der Waals surface area contributed by atoms with Crippen LogP contribution in [0.15, 0.2) is 60.8 Å². The lowest BCUT2D eigenvalue weighted by atomic mass is 10.0. The number of carbonyl (C=O) groups excluding carboxylic acids is 3. The lowest BCUT2D eigenvalue weighted by molar-refractivity contribution is -0.870. The lowest BCUT2D eigenvalue weighted by Gasteiger charge is -2.26. The van der Waals surface area contributed by atoms with Gasteiger partial charge in [-0.05, 0) is 77.0 Å². The maximum absolute atomic E-state index is 12.9. The third-order valence-electron chi connectivity index (χ3n) is 12.7. The first kappa shape index (κ1) is 68.0. The molecule has 0 heterocycles. The Hall–Kier alpha value is -3.01. The average molecular weight is 999 g/mol. The quantitative estimate of drug-likeness (QED) is 0.0195. The fourth-order valence-corrected chi connectivity index (χ4v) is 8.23. The van der Waals surface area contributed by atoms with Crippen LogP contribution < -0.4 is 5.11 Å². The van der Waals surface area contributed by atoms with Crippen molar-refractivity contribution in [1.29, 1.82) is 0 Å². The van der Waals surface area contributed by atoms with Crippen LogP contribution >= 0.6 is 0 Å². The molecule has 0 aromatic rings. The fourth-order valence-electron chi connectivity index (χ4n) is 8.23. The first-order valence-corrected chi connectivity index (χ1v) is 29.4. The number of likely N-dealkylation sites (N-methyl/N-ethyl adjacent to an activating group) is 1. The molecular formula is C62H111NO8. The van der Waals surface area contributed by atoms with Crippen LogP contribution in [0.5, 0.6) is 0 Å². The minimum Gasteiger partial charge on any atom is -0.545 e. The number of unbranched alkanes of at least 4 members (excludes halogenated alkanes) is 29. The van der Waals surface area contributed by atoms with Gasteiger partial charge < -0.3 is 33.3 Å². The van der Waals surface area contributed by atoms with E-state index in [9.17, 15) is 19.5 Å². The first-order valence-electron chi connectivity index (χ1n) is 29.4. The van der Waals surface area contributed by atoms with Crippen LogP contribution in [0.1, 0.15) is 258 Å². The molecule has 0 aliphatic heterocycles. The molecule has 0 rings (SSSR count). The Morgan fingerprint density at radius 1 is 0.437 bits per heavy atom. The third kappa shape index (κ3) is 54.6. The second-order valence-electron chi connectivity index (χ2n) is 20.9. The molecule has 0 N–H and O–H groups in total. The Morgan fingerprint density at radius 2 is 0.803 bits per heavy atom. The Bertz CT molecular complexity index is 1350. The number of ether oxygens (including phenoxy) is 4. The smallest absolute Gasteiger partial charge is 0.306 e. The molecule has 0 saturated heterocycles. The molecule has 0 aliphatic rings. The Kier molecular flexibility index (Phi) is 51.0. The SMILES string of the molecule is CC/C=C\C/C=C\C/C=C\C/C=C\CCCCCCCCCCC(=O)OC(COC(=O)CCCCCCCCCCCCCCC/C=C\CCCCCCCCCC)COC(OCC[N+](C)(C)C)C(=O)[O-]. The molecule has 0 fully saturated rings. The number of nitrogens with zero attached hydrogens (tertiary/aromatic N) is 1. The second kappa shape index (κ2) is 53.3. The molecule has 71 heavy (non-hydrogen) atoms. The van der Waals surface area contributed by atoms with Gasteiger partial charge in [-0.15, -0.1) is 0 Å². The average Bonchev–Trinajstić information content (AvgIpc) is 3.34. The number of allylic oxidation sites excluding steroid dienone is 10. The summed E-state index contributed by atoms with van der Waals surface area (Å²) >= 11 is 0. The van der Waals surface area contributed by atoms with Crippen LogP contribution in [0.4, 0.5) is 0 Å². The van der Waals surface area contributed by atoms with E-state index in [1.165, 1.54) is 154 Å². The molecule has 0 aromatic carbocycles. The van der Waals surface area contributed by atoms with Crippen LogP contribution in [0.2, 0.25) is 0 Å². The van der Waals surface area contributed by atoms with Crippen LogP contribution in [-0.4, -0.2) is 82.3 Å². The number of hydrogen-bond acceptors (Lipinski definition) is 8.